The third kappa shape index (κ3) is 4.33. The van der Waals surface area contributed by atoms with Crippen LogP contribution in [0.3, 0.4) is 0 Å². The Kier molecular flexibility index (Phi) is 6.34. The smallest absolute Gasteiger partial charge is 0.337 e. The molecule has 0 aliphatic heterocycles. The van der Waals surface area contributed by atoms with E-state index < -0.39 is 5.97 Å². The Labute approximate surface area is 153 Å². The number of carbonyl (C=O) groups is 1. The van der Waals surface area contributed by atoms with Crippen LogP contribution in [0.4, 0.5) is 5.69 Å². The van der Waals surface area contributed by atoms with Gasteiger partial charge in [-0.2, -0.15) is 0 Å². The Bertz CT molecular complexity index is 752. The maximum absolute atomic E-state index is 11.0. The van der Waals surface area contributed by atoms with Crippen LogP contribution >= 0.6 is 27.5 Å². The predicted molar refractivity (Wildman–Crippen MR) is 97.6 cm³/mol. The fourth-order valence-electron chi connectivity index (χ4n) is 2.14. The Morgan fingerprint density at radius 2 is 2.04 bits per heavy atom. The van der Waals surface area contributed by atoms with Crippen LogP contribution in [-0.2, 0) is 6.54 Å². The van der Waals surface area contributed by atoms with Crippen molar-refractivity contribution in [3.05, 3.63) is 51.0 Å². The summed E-state index contributed by atoms with van der Waals surface area (Å²) in [7, 11) is 1.59. The molecule has 128 valence electrons. The van der Waals surface area contributed by atoms with Crippen molar-refractivity contribution in [1.29, 1.82) is 0 Å². The molecule has 0 radical (unpaired) electrons. The molecule has 0 bridgehead atoms. The molecule has 2 N–H and O–H groups in total. The zero-order valence-corrected chi connectivity index (χ0v) is 15.6. The van der Waals surface area contributed by atoms with Crippen LogP contribution in [0.2, 0.25) is 5.02 Å². The van der Waals surface area contributed by atoms with Gasteiger partial charge in [0.15, 0.2) is 11.5 Å². The van der Waals surface area contributed by atoms with Gasteiger partial charge in [-0.05, 0) is 42.8 Å². The van der Waals surface area contributed by atoms with Gasteiger partial charge in [0.1, 0.15) is 0 Å². The van der Waals surface area contributed by atoms with E-state index in [0.717, 1.165) is 15.7 Å². The summed E-state index contributed by atoms with van der Waals surface area (Å²) in [4.78, 5) is 11.0. The highest BCUT2D eigenvalue weighted by Crippen LogP contribution is 2.34. The third-order valence-corrected chi connectivity index (χ3v) is 4.37. The highest BCUT2D eigenvalue weighted by atomic mass is 79.9. The van der Waals surface area contributed by atoms with E-state index in [0.29, 0.717) is 24.7 Å². The van der Waals surface area contributed by atoms with E-state index in [4.69, 9.17) is 26.2 Å². The predicted octanol–water partition coefficient (Wildman–Crippen LogP) is 4.82. The van der Waals surface area contributed by atoms with Gasteiger partial charge in [-0.15, -0.1) is 0 Å². The molecule has 24 heavy (non-hydrogen) atoms. The first-order valence-electron chi connectivity index (χ1n) is 7.22. The van der Waals surface area contributed by atoms with Crippen molar-refractivity contribution in [2.45, 2.75) is 13.5 Å². The molecule has 0 saturated heterocycles. The minimum absolute atomic E-state index is 0.0751. The summed E-state index contributed by atoms with van der Waals surface area (Å²) in [5, 5.41) is 12.4. The molecule has 0 heterocycles. The molecule has 2 rings (SSSR count). The number of ether oxygens (including phenoxy) is 2. The number of benzene rings is 2. The molecule has 5 nitrogen and oxygen atoms in total. The largest absolute Gasteiger partial charge is 0.493 e. The molecular weight excluding hydrogens is 398 g/mol. The molecule has 0 aliphatic rings. The van der Waals surface area contributed by atoms with Gasteiger partial charge in [-0.25, -0.2) is 4.79 Å². The van der Waals surface area contributed by atoms with Crippen LogP contribution in [0.1, 0.15) is 22.8 Å². The minimum Gasteiger partial charge on any atom is -0.493 e. The average Bonchev–Trinajstić information content (AvgIpc) is 2.54. The number of methoxy groups -OCH3 is 1. The molecule has 0 aromatic heterocycles. The van der Waals surface area contributed by atoms with Crippen LogP contribution in [-0.4, -0.2) is 24.8 Å². The highest BCUT2D eigenvalue weighted by molar-refractivity contribution is 9.10. The number of carboxylic acids is 1. The molecular formula is C17H17BrClNO4. The van der Waals surface area contributed by atoms with E-state index in [1.807, 2.05) is 19.1 Å². The maximum atomic E-state index is 11.0. The number of rotatable bonds is 7. The number of aromatic carboxylic acids is 1. The third-order valence-electron chi connectivity index (χ3n) is 3.31. The van der Waals surface area contributed by atoms with Gasteiger partial charge < -0.3 is 19.9 Å². The van der Waals surface area contributed by atoms with Crippen LogP contribution in [0.5, 0.6) is 11.5 Å². The maximum Gasteiger partial charge on any atom is 0.337 e. The van der Waals surface area contributed by atoms with E-state index in [1.165, 1.54) is 6.07 Å². The van der Waals surface area contributed by atoms with E-state index in [1.54, 1.807) is 19.2 Å². The number of halogens is 2. The molecule has 0 fully saturated rings. The van der Waals surface area contributed by atoms with Crippen molar-refractivity contribution in [3.63, 3.8) is 0 Å². The van der Waals surface area contributed by atoms with Crippen molar-refractivity contribution < 1.29 is 19.4 Å². The summed E-state index contributed by atoms with van der Waals surface area (Å²) in [6.07, 6.45) is 0. The first-order valence-corrected chi connectivity index (χ1v) is 8.39. The topological polar surface area (TPSA) is 67.8 Å². The van der Waals surface area contributed by atoms with Gasteiger partial charge in [-0.1, -0.05) is 27.5 Å². The first kappa shape index (κ1) is 18.4. The zero-order valence-electron chi connectivity index (χ0n) is 13.2. The summed E-state index contributed by atoms with van der Waals surface area (Å²) in [6.45, 7) is 2.97. The summed E-state index contributed by atoms with van der Waals surface area (Å²) < 4.78 is 11.8. The number of nitrogens with one attached hydrogen (secondary N) is 1. The Morgan fingerprint density at radius 1 is 1.29 bits per heavy atom. The summed E-state index contributed by atoms with van der Waals surface area (Å²) >= 11 is 9.49. The highest BCUT2D eigenvalue weighted by Gasteiger charge is 2.11. The van der Waals surface area contributed by atoms with Gasteiger partial charge in [0.25, 0.3) is 0 Å². The standard InChI is InChI=1S/C17H17BrClNO4/c1-3-24-16-8-13(18)10(6-15(16)23-2)9-20-11-4-5-12(17(21)22)14(19)7-11/h4-8,20H,3,9H2,1-2H3,(H,21,22). The monoisotopic (exact) mass is 413 g/mol. The summed E-state index contributed by atoms with van der Waals surface area (Å²) in [5.41, 5.74) is 1.77. The van der Waals surface area contributed by atoms with E-state index in [2.05, 4.69) is 21.2 Å². The van der Waals surface area contributed by atoms with Crippen LogP contribution in [0.25, 0.3) is 0 Å². The van der Waals surface area contributed by atoms with Crippen LogP contribution in [0, 0.1) is 0 Å². The van der Waals surface area contributed by atoms with Gasteiger partial charge in [0.05, 0.1) is 24.3 Å². The van der Waals surface area contributed by atoms with Gasteiger partial charge in [0.2, 0.25) is 0 Å². The van der Waals surface area contributed by atoms with Gasteiger partial charge in [-0.3, -0.25) is 0 Å². The van der Waals surface area contributed by atoms with Gasteiger partial charge >= 0.3 is 5.97 Å². The average molecular weight is 415 g/mol. The Balaban J connectivity index is 2.17. The number of hydrogen-bond acceptors (Lipinski definition) is 4. The molecule has 7 heteroatoms. The summed E-state index contributed by atoms with van der Waals surface area (Å²) in [6, 6.07) is 8.48. The van der Waals surface area contributed by atoms with E-state index >= 15 is 0 Å². The normalized spacial score (nSPS) is 10.3. The molecule has 0 aliphatic carbocycles. The second kappa shape index (κ2) is 8.26. The second-order valence-electron chi connectivity index (χ2n) is 4.88. The molecule has 2 aromatic rings. The molecule has 0 spiro atoms. The van der Waals surface area contributed by atoms with Crippen molar-refractivity contribution in [3.8, 4) is 11.5 Å². The lowest BCUT2D eigenvalue weighted by Crippen LogP contribution is -2.04. The Hall–Kier alpha value is -1.92. The molecule has 0 unspecified atom stereocenters. The quantitative estimate of drug-likeness (QED) is 0.680. The fourth-order valence-corrected chi connectivity index (χ4v) is 2.86. The van der Waals surface area contributed by atoms with Gasteiger partial charge in [0, 0.05) is 16.7 Å². The van der Waals surface area contributed by atoms with Crippen LogP contribution < -0.4 is 14.8 Å². The molecule has 2 aromatic carbocycles. The van der Waals surface area contributed by atoms with Crippen molar-refractivity contribution in [2.75, 3.05) is 19.0 Å². The molecule has 0 atom stereocenters. The number of anilines is 1. The molecule has 0 amide bonds. The first-order chi connectivity index (χ1) is 11.5. The lowest BCUT2D eigenvalue weighted by atomic mass is 10.1. The van der Waals surface area contributed by atoms with Crippen molar-refractivity contribution >= 4 is 39.2 Å². The van der Waals surface area contributed by atoms with Crippen LogP contribution in [0.15, 0.2) is 34.8 Å². The molecule has 0 saturated carbocycles. The zero-order chi connectivity index (χ0) is 17.7. The number of carboxylic acid groups (broad SMARTS) is 1. The minimum atomic E-state index is -1.05. The van der Waals surface area contributed by atoms with Crippen molar-refractivity contribution in [2.24, 2.45) is 0 Å². The fraction of sp³-hybridized carbons (Fsp3) is 0.235. The SMILES string of the molecule is CCOc1cc(Br)c(CNc2ccc(C(=O)O)c(Cl)c2)cc1OC. The number of hydrogen-bond donors (Lipinski definition) is 2. The van der Waals surface area contributed by atoms with E-state index in [9.17, 15) is 4.79 Å². The Morgan fingerprint density at radius 3 is 2.62 bits per heavy atom. The lowest BCUT2D eigenvalue weighted by Gasteiger charge is -2.14. The lowest BCUT2D eigenvalue weighted by molar-refractivity contribution is 0.0697. The summed E-state index contributed by atoms with van der Waals surface area (Å²) in [5.74, 6) is 0.270. The van der Waals surface area contributed by atoms with Crippen molar-refractivity contribution in [1.82, 2.24) is 0 Å². The second-order valence-corrected chi connectivity index (χ2v) is 6.14. The van der Waals surface area contributed by atoms with E-state index in [-0.39, 0.29) is 10.6 Å².